The Balaban J connectivity index is 2.96. The predicted molar refractivity (Wildman–Crippen MR) is 89.2 cm³/mol. The van der Waals surface area contributed by atoms with Crippen LogP contribution in [0.15, 0.2) is 24.3 Å². The minimum absolute atomic E-state index is 0.398. The summed E-state index contributed by atoms with van der Waals surface area (Å²) in [7, 11) is 0. The number of hydrogen-bond donors (Lipinski definition) is 1. The maximum Gasteiger partial charge on any atom is 0.0475 e. The van der Waals surface area contributed by atoms with Gasteiger partial charge in [0, 0.05) is 18.1 Å². The summed E-state index contributed by atoms with van der Waals surface area (Å²) in [6, 6.07) is 10.5. The lowest BCUT2D eigenvalue weighted by atomic mass is 9.96. The first-order valence-corrected chi connectivity index (χ1v) is 8.10. The number of nitrogens with zero attached hydrogens (tertiary/aromatic N) is 1. The largest absolute Gasteiger partial charge is 0.309 e. The van der Waals surface area contributed by atoms with Crippen LogP contribution in [-0.4, -0.2) is 30.1 Å². The van der Waals surface area contributed by atoms with Crippen molar-refractivity contribution in [3.63, 3.8) is 0 Å². The van der Waals surface area contributed by atoms with E-state index in [9.17, 15) is 0 Å². The third-order valence-corrected chi connectivity index (χ3v) is 4.39. The second kappa shape index (κ2) is 8.43. The van der Waals surface area contributed by atoms with E-state index in [1.807, 2.05) is 0 Å². The zero-order valence-corrected chi connectivity index (χ0v) is 14.1. The highest BCUT2D eigenvalue weighted by molar-refractivity contribution is 5.25. The predicted octanol–water partition coefficient (Wildman–Crippen LogP) is 4.15. The van der Waals surface area contributed by atoms with Gasteiger partial charge in [-0.15, -0.1) is 0 Å². The average molecular weight is 276 g/mol. The lowest BCUT2D eigenvalue weighted by molar-refractivity contribution is 0.128. The molecule has 0 bridgehead atoms. The Kier molecular flexibility index (Phi) is 7.25. The Morgan fingerprint density at radius 2 is 1.65 bits per heavy atom. The maximum atomic E-state index is 3.67. The average Bonchev–Trinajstić information content (AvgIpc) is 2.46. The second-order valence-corrected chi connectivity index (χ2v) is 5.77. The van der Waals surface area contributed by atoms with Gasteiger partial charge in [-0.05, 0) is 45.8 Å². The fraction of sp³-hybridized carbons (Fsp3) is 0.667. The van der Waals surface area contributed by atoms with Crippen molar-refractivity contribution in [2.45, 2.75) is 66.1 Å². The van der Waals surface area contributed by atoms with Gasteiger partial charge < -0.3 is 5.32 Å². The SMILES string of the molecule is CCNC(c1ccc(C)cc1)C(C)N(CC)C(C)CC. The van der Waals surface area contributed by atoms with Gasteiger partial charge in [-0.2, -0.15) is 0 Å². The van der Waals surface area contributed by atoms with E-state index in [0.717, 1.165) is 13.1 Å². The summed E-state index contributed by atoms with van der Waals surface area (Å²) in [5, 5.41) is 3.67. The molecule has 1 aromatic rings. The first-order chi connectivity index (χ1) is 9.54. The number of likely N-dealkylation sites (N-methyl/N-ethyl adjacent to an activating group) is 2. The molecule has 1 aromatic carbocycles. The summed E-state index contributed by atoms with van der Waals surface area (Å²) >= 11 is 0. The molecule has 0 aliphatic heterocycles. The van der Waals surface area contributed by atoms with Crippen LogP contribution in [0.1, 0.15) is 58.2 Å². The highest BCUT2D eigenvalue weighted by Gasteiger charge is 2.25. The molecule has 0 amide bonds. The van der Waals surface area contributed by atoms with Crippen LogP contribution in [0.3, 0.4) is 0 Å². The van der Waals surface area contributed by atoms with E-state index in [-0.39, 0.29) is 0 Å². The lowest BCUT2D eigenvalue weighted by Crippen LogP contribution is -2.46. The smallest absolute Gasteiger partial charge is 0.0475 e. The molecule has 0 spiro atoms. The molecule has 2 nitrogen and oxygen atoms in total. The Labute approximate surface area is 125 Å². The van der Waals surface area contributed by atoms with Crippen molar-refractivity contribution >= 4 is 0 Å². The van der Waals surface area contributed by atoms with E-state index in [1.54, 1.807) is 0 Å². The molecule has 0 aromatic heterocycles. The molecule has 0 fully saturated rings. The van der Waals surface area contributed by atoms with Crippen molar-refractivity contribution in [1.29, 1.82) is 0 Å². The highest BCUT2D eigenvalue weighted by atomic mass is 15.2. The molecule has 0 radical (unpaired) electrons. The number of nitrogens with one attached hydrogen (secondary N) is 1. The minimum Gasteiger partial charge on any atom is -0.309 e. The van der Waals surface area contributed by atoms with Crippen molar-refractivity contribution in [2.75, 3.05) is 13.1 Å². The molecular formula is C18H32N2. The number of aryl methyl sites for hydroxylation is 1. The van der Waals surface area contributed by atoms with E-state index >= 15 is 0 Å². The maximum absolute atomic E-state index is 3.67. The van der Waals surface area contributed by atoms with Crippen molar-refractivity contribution in [3.05, 3.63) is 35.4 Å². The lowest BCUT2D eigenvalue weighted by Gasteiger charge is -2.38. The van der Waals surface area contributed by atoms with E-state index < -0.39 is 0 Å². The van der Waals surface area contributed by atoms with Crippen LogP contribution in [0.2, 0.25) is 0 Å². The first-order valence-electron chi connectivity index (χ1n) is 8.10. The summed E-state index contributed by atoms with van der Waals surface area (Å²) < 4.78 is 0. The fourth-order valence-corrected chi connectivity index (χ4v) is 2.99. The Bertz CT molecular complexity index is 372. The molecule has 20 heavy (non-hydrogen) atoms. The third kappa shape index (κ3) is 4.32. The van der Waals surface area contributed by atoms with Crippen LogP contribution in [-0.2, 0) is 0 Å². The van der Waals surface area contributed by atoms with Crippen LogP contribution >= 0.6 is 0 Å². The molecule has 0 aliphatic carbocycles. The topological polar surface area (TPSA) is 15.3 Å². The Morgan fingerprint density at radius 3 is 2.10 bits per heavy atom. The van der Waals surface area contributed by atoms with Gasteiger partial charge in [0.1, 0.15) is 0 Å². The quantitative estimate of drug-likeness (QED) is 0.767. The third-order valence-electron chi connectivity index (χ3n) is 4.39. The van der Waals surface area contributed by atoms with Gasteiger partial charge in [-0.3, -0.25) is 4.90 Å². The highest BCUT2D eigenvalue weighted by Crippen LogP contribution is 2.23. The molecule has 2 heteroatoms. The fourth-order valence-electron chi connectivity index (χ4n) is 2.99. The van der Waals surface area contributed by atoms with Crippen molar-refractivity contribution in [1.82, 2.24) is 10.2 Å². The van der Waals surface area contributed by atoms with Gasteiger partial charge in [0.2, 0.25) is 0 Å². The second-order valence-electron chi connectivity index (χ2n) is 5.77. The van der Waals surface area contributed by atoms with Gasteiger partial charge in [0.15, 0.2) is 0 Å². The van der Waals surface area contributed by atoms with Crippen LogP contribution in [0.25, 0.3) is 0 Å². The number of hydrogen-bond acceptors (Lipinski definition) is 2. The van der Waals surface area contributed by atoms with Crippen molar-refractivity contribution in [3.8, 4) is 0 Å². The zero-order valence-electron chi connectivity index (χ0n) is 14.1. The molecule has 3 atom stereocenters. The molecule has 0 aliphatic rings. The first kappa shape index (κ1) is 17.2. The van der Waals surface area contributed by atoms with Crippen LogP contribution in [0.5, 0.6) is 0 Å². The van der Waals surface area contributed by atoms with Crippen molar-refractivity contribution in [2.24, 2.45) is 0 Å². The molecule has 1 N–H and O–H groups in total. The van der Waals surface area contributed by atoms with Crippen LogP contribution in [0.4, 0.5) is 0 Å². The van der Waals surface area contributed by atoms with E-state index in [2.05, 4.69) is 76.0 Å². The van der Waals surface area contributed by atoms with Gasteiger partial charge in [0.25, 0.3) is 0 Å². The number of rotatable bonds is 8. The van der Waals surface area contributed by atoms with Crippen molar-refractivity contribution < 1.29 is 0 Å². The normalized spacial score (nSPS) is 16.1. The molecule has 0 saturated carbocycles. The van der Waals surface area contributed by atoms with Gasteiger partial charge in [-0.1, -0.05) is 50.6 Å². The molecule has 1 rings (SSSR count). The number of benzene rings is 1. The molecule has 0 saturated heterocycles. The summed E-state index contributed by atoms with van der Waals surface area (Å²) in [6.45, 7) is 15.7. The van der Waals surface area contributed by atoms with E-state index in [1.165, 1.54) is 17.5 Å². The summed E-state index contributed by atoms with van der Waals surface area (Å²) in [4.78, 5) is 2.60. The summed E-state index contributed by atoms with van der Waals surface area (Å²) in [6.07, 6.45) is 1.20. The molecule has 114 valence electrons. The van der Waals surface area contributed by atoms with E-state index in [4.69, 9.17) is 0 Å². The molecule has 0 heterocycles. The summed E-state index contributed by atoms with van der Waals surface area (Å²) in [5.74, 6) is 0. The minimum atomic E-state index is 0.398. The van der Waals surface area contributed by atoms with Gasteiger partial charge in [0.05, 0.1) is 0 Å². The zero-order chi connectivity index (χ0) is 15.1. The van der Waals surface area contributed by atoms with Crippen LogP contribution in [0, 0.1) is 6.92 Å². The monoisotopic (exact) mass is 276 g/mol. The molecule has 3 unspecified atom stereocenters. The Morgan fingerprint density at radius 1 is 1.05 bits per heavy atom. The standard InChI is InChI=1S/C18H32N2/c1-7-15(5)20(9-3)16(6)18(19-8-2)17-12-10-14(4)11-13-17/h10-13,15-16,18-19H,7-9H2,1-6H3. The van der Waals surface area contributed by atoms with Gasteiger partial charge in [-0.25, -0.2) is 0 Å². The summed E-state index contributed by atoms with van der Waals surface area (Å²) in [5.41, 5.74) is 2.72. The van der Waals surface area contributed by atoms with E-state index in [0.29, 0.717) is 18.1 Å². The Hall–Kier alpha value is -0.860. The molecular weight excluding hydrogens is 244 g/mol. The van der Waals surface area contributed by atoms with Crippen LogP contribution < -0.4 is 5.32 Å². The van der Waals surface area contributed by atoms with Gasteiger partial charge >= 0.3 is 0 Å².